The zero-order chi connectivity index (χ0) is 10.1. The number of thiophene rings is 1. The molecule has 72 valence electrons. The topological polar surface area (TPSA) is 0 Å². The molecule has 0 saturated carbocycles. The monoisotopic (exact) mass is 210 g/mol. The van der Waals surface area contributed by atoms with E-state index in [0.717, 1.165) is 0 Å². The molecule has 0 fully saturated rings. The van der Waals surface area contributed by atoms with Crippen LogP contribution in [0.4, 0.5) is 0 Å². The van der Waals surface area contributed by atoms with Gasteiger partial charge < -0.3 is 0 Å². The van der Waals surface area contributed by atoms with E-state index in [1.807, 2.05) is 0 Å². The predicted octanol–water partition coefficient (Wildman–Crippen LogP) is 4.52. The van der Waals surface area contributed by atoms with Crippen molar-refractivity contribution in [3.05, 3.63) is 60.0 Å². The Bertz CT molecular complexity index is 506. The minimum atomic E-state index is 1.29. The first-order chi connectivity index (χ1) is 7.43. The maximum Gasteiger partial charge on any atom is 0.0342 e. The van der Waals surface area contributed by atoms with Gasteiger partial charge in [0.15, 0.2) is 0 Å². The summed E-state index contributed by atoms with van der Waals surface area (Å²) in [6.07, 6.45) is 0. The van der Waals surface area contributed by atoms with Gasteiger partial charge in [0.2, 0.25) is 0 Å². The largest absolute Gasteiger partial charge is 0.144 e. The molecule has 15 heavy (non-hydrogen) atoms. The van der Waals surface area contributed by atoms with Crippen LogP contribution in [0.15, 0.2) is 60.0 Å². The molecule has 0 nitrogen and oxygen atoms in total. The Morgan fingerprint density at radius 3 is 1.87 bits per heavy atom. The molecule has 0 aliphatic heterocycles. The highest BCUT2D eigenvalue weighted by molar-refractivity contribution is 7.13. The molecule has 0 amide bonds. The normalized spacial score (nSPS) is 10.7. The van der Waals surface area contributed by atoms with Gasteiger partial charge in [-0.3, -0.25) is 0 Å². The molecule has 1 heteroatoms. The van der Waals surface area contributed by atoms with E-state index >= 15 is 0 Å². The van der Waals surface area contributed by atoms with Crippen LogP contribution in [0.1, 0.15) is 0 Å². The van der Waals surface area contributed by atoms with Gasteiger partial charge in [-0.2, -0.15) is 0 Å². The second-order valence-electron chi connectivity index (χ2n) is 3.54. The van der Waals surface area contributed by atoms with Gasteiger partial charge in [0.1, 0.15) is 0 Å². The van der Waals surface area contributed by atoms with Crippen LogP contribution in [0, 0.1) is 0 Å². The van der Waals surface area contributed by atoms with Crippen molar-refractivity contribution < 1.29 is 0 Å². The molecule has 0 spiro atoms. The average molecular weight is 210 g/mol. The fraction of sp³-hybridized carbons (Fsp3) is 0. The predicted molar refractivity (Wildman–Crippen MR) is 66.4 cm³/mol. The summed E-state index contributed by atoms with van der Waals surface area (Å²) in [5.41, 5.74) is 3.90. The van der Waals surface area contributed by atoms with Crippen LogP contribution in [0.5, 0.6) is 0 Å². The van der Waals surface area contributed by atoms with Gasteiger partial charge in [-0.1, -0.05) is 48.5 Å². The summed E-state index contributed by atoms with van der Waals surface area (Å²) in [4.78, 5) is 1.33. The Morgan fingerprint density at radius 1 is 0.600 bits per heavy atom. The maximum absolute atomic E-state index is 2.19. The van der Waals surface area contributed by atoms with E-state index in [1.54, 1.807) is 11.3 Å². The lowest BCUT2D eigenvalue weighted by atomic mass is 10.2. The van der Waals surface area contributed by atoms with Crippen molar-refractivity contribution in [3.63, 3.8) is 0 Å². The third kappa shape index (κ3) is 1.55. The van der Waals surface area contributed by atoms with E-state index < -0.39 is 0 Å². The Morgan fingerprint density at radius 2 is 1.27 bits per heavy atom. The molecule has 1 heterocycles. The smallest absolute Gasteiger partial charge is 0.0342 e. The number of hydrogen-bond donors (Lipinski definition) is 0. The van der Waals surface area contributed by atoms with Gasteiger partial charge in [0.25, 0.3) is 0 Å². The van der Waals surface area contributed by atoms with Gasteiger partial charge in [-0.05, 0) is 28.1 Å². The molecule has 0 bridgehead atoms. The molecule has 0 unspecified atom stereocenters. The third-order valence-electron chi connectivity index (χ3n) is 2.58. The Kier molecular flexibility index (Phi) is 2.04. The molecular formula is C14H10S. The van der Waals surface area contributed by atoms with Crippen LogP contribution in [0.2, 0.25) is 0 Å². The van der Waals surface area contributed by atoms with Crippen LogP contribution in [0.3, 0.4) is 0 Å². The minimum absolute atomic E-state index is 1.29. The quantitative estimate of drug-likeness (QED) is 0.554. The first-order valence-corrected chi connectivity index (χ1v) is 5.84. The molecule has 0 saturated heterocycles. The van der Waals surface area contributed by atoms with E-state index in [9.17, 15) is 0 Å². The van der Waals surface area contributed by atoms with E-state index in [0.29, 0.717) is 0 Å². The summed E-state index contributed by atoms with van der Waals surface area (Å²) in [5, 5.41) is 2.11. The first kappa shape index (κ1) is 8.69. The Hall–Kier alpha value is -1.60. The molecule has 2 aliphatic carbocycles. The van der Waals surface area contributed by atoms with Crippen LogP contribution < -0.4 is 0 Å². The standard InChI is InChI=1S/C14H10S/c1-3-11-6-8-13(9-7-12(11)4-1)14-5-2-10-15-14/h1-10H. The number of rotatable bonds is 1. The second kappa shape index (κ2) is 3.52. The van der Waals surface area contributed by atoms with Crippen LogP contribution >= 0.6 is 11.3 Å². The van der Waals surface area contributed by atoms with Crippen molar-refractivity contribution in [3.8, 4) is 21.6 Å². The number of hydrogen-bond acceptors (Lipinski definition) is 1. The number of fused-ring (bicyclic) bond motifs is 1. The van der Waals surface area contributed by atoms with Crippen LogP contribution in [-0.4, -0.2) is 0 Å². The second-order valence-corrected chi connectivity index (χ2v) is 4.48. The van der Waals surface area contributed by atoms with Crippen molar-refractivity contribution in [2.45, 2.75) is 0 Å². The van der Waals surface area contributed by atoms with Crippen molar-refractivity contribution in [2.24, 2.45) is 0 Å². The van der Waals surface area contributed by atoms with Crippen molar-refractivity contribution in [1.29, 1.82) is 0 Å². The highest BCUT2D eigenvalue weighted by Gasteiger charge is 2.01. The molecule has 2 aliphatic rings. The van der Waals surface area contributed by atoms with Crippen molar-refractivity contribution in [2.75, 3.05) is 0 Å². The summed E-state index contributed by atoms with van der Waals surface area (Å²) in [6.45, 7) is 0. The molecule has 1 aromatic heterocycles. The van der Waals surface area contributed by atoms with Crippen molar-refractivity contribution >= 4 is 11.3 Å². The average Bonchev–Trinajstić information content (AvgIpc) is 2.88. The van der Waals surface area contributed by atoms with E-state index in [4.69, 9.17) is 0 Å². The molecule has 3 rings (SSSR count). The van der Waals surface area contributed by atoms with E-state index in [1.165, 1.54) is 21.6 Å². The lowest BCUT2D eigenvalue weighted by Crippen LogP contribution is -1.62. The molecular weight excluding hydrogens is 200 g/mol. The Balaban J connectivity index is 2.18. The van der Waals surface area contributed by atoms with E-state index in [-0.39, 0.29) is 0 Å². The highest BCUT2D eigenvalue weighted by atomic mass is 32.1. The van der Waals surface area contributed by atoms with Gasteiger partial charge in [0.05, 0.1) is 0 Å². The summed E-state index contributed by atoms with van der Waals surface area (Å²) in [6, 6.07) is 19.4. The zero-order valence-electron chi connectivity index (χ0n) is 8.18. The van der Waals surface area contributed by atoms with Crippen LogP contribution in [-0.2, 0) is 0 Å². The zero-order valence-corrected chi connectivity index (χ0v) is 9.00. The molecule has 0 aromatic carbocycles. The van der Waals surface area contributed by atoms with Gasteiger partial charge in [0, 0.05) is 4.88 Å². The summed E-state index contributed by atoms with van der Waals surface area (Å²) >= 11 is 1.78. The van der Waals surface area contributed by atoms with Gasteiger partial charge in [-0.15, -0.1) is 11.3 Å². The fourth-order valence-electron chi connectivity index (χ4n) is 1.77. The van der Waals surface area contributed by atoms with Gasteiger partial charge >= 0.3 is 0 Å². The summed E-state index contributed by atoms with van der Waals surface area (Å²) in [5.74, 6) is 0. The fourth-order valence-corrected chi connectivity index (χ4v) is 2.51. The summed E-state index contributed by atoms with van der Waals surface area (Å²) in [7, 11) is 0. The highest BCUT2D eigenvalue weighted by Crippen LogP contribution is 2.28. The Labute approximate surface area is 93.2 Å². The van der Waals surface area contributed by atoms with E-state index in [2.05, 4.69) is 60.0 Å². The van der Waals surface area contributed by atoms with Crippen molar-refractivity contribution in [1.82, 2.24) is 0 Å². The molecule has 0 radical (unpaired) electrons. The molecule has 0 atom stereocenters. The molecule has 0 N–H and O–H groups in total. The third-order valence-corrected chi connectivity index (χ3v) is 3.49. The van der Waals surface area contributed by atoms with Crippen LogP contribution in [0.25, 0.3) is 21.6 Å². The maximum atomic E-state index is 2.19. The lowest BCUT2D eigenvalue weighted by Gasteiger charge is -1.89. The lowest BCUT2D eigenvalue weighted by molar-refractivity contribution is 1.81. The summed E-state index contributed by atoms with van der Waals surface area (Å²) < 4.78 is 0. The van der Waals surface area contributed by atoms with Gasteiger partial charge in [-0.25, -0.2) is 0 Å². The molecule has 1 aromatic rings. The SMILES string of the molecule is c1cc2ccc(-c3cccs3)ccc-2c1. The first-order valence-electron chi connectivity index (χ1n) is 4.96. The minimum Gasteiger partial charge on any atom is -0.144 e.